The van der Waals surface area contributed by atoms with Gasteiger partial charge >= 0.3 is 5.97 Å². The Morgan fingerprint density at radius 2 is 1.38 bits per heavy atom. The lowest BCUT2D eigenvalue weighted by atomic mass is 10.0. The molecule has 2 aromatic rings. The van der Waals surface area contributed by atoms with Crippen molar-refractivity contribution < 1.29 is 9.90 Å². The third kappa shape index (κ3) is 4.43. The summed E-state index contributed by atoms with van der Waals surface area (Å²) in [5.41, 5.74) is 4.58. The van der Waals surface area contributed by atoms with Crippen LogP contribution in [-0.4, -0.2) is 11.1 Å². The minimum Gasteiger partial charge on any atom is -0.481 e. The molecule has 0 amide bonds. The number of hydrogen-bond donors (Lipinski definition) is 2. The number of carbonyl (C=O) groups is 1. The van der Waals surface area contributed by atoms with Gasteiger partial charge in [-0.1, -0.05) is 55.5 Å². The predicted molar refractivity (Wildman–Crippen MR) is 84.1 cm³/mol. The van der Waals surface area contributed by atoms with Crippen molar-refractivity contribution in [2.45, 2.75) is 32.9 Å². The van der Waals surface area contributed by atoms with Crippen molar-refractivity contribution in [2.24, 2.45) is 0 Å². The Kier molecular flexibility index (Phi) is 5.52. The Balaban J connectivity index is 1.99. The van der Waals surface area contributed by atoms with Gasteiger partial charge in [0.1, 0.15) is 0 Å². The molecule has 0 unspecified atom stereocenters. The fourth-order valence-corrected chi connectivity index (χ4v) is 2.47. The van der Waals surface area contributed by atoms with E-state index in [0.717, 1.165) is 24.1 Å². The summed E-state index contributed by atoms with van der Waals surface area (Å²) < 4.78 is 0. The van der Waals surface area contributed by atoms with Crippen LogP contribution in [0.15, 0.2) is 48.5 Å². The highest BCUT2D eigenvalue weighted by atomic mass is 16.4. The van der Waals surface area contributed by atoms with Crippen LogP contribution >= 0.6 is 0 Å². The van der Waals surface area contributed by atoms with E-state index >= 15 is 0 Å². The van der Waals surface area contributed by atoms with E-state index in [1.807, 2.05) is 24.3 Å². The molecule has 3 heteroatoms. The summed E-state index contributed by atoms with van der Waals surface area (Å²) in [5.74, 6) is -0.793. The highest BCUT2D eigenvalue weighted by Gasteiger charge is 2.06. The molecule has 0 aliphatic rings. The van der Waals surface area contributed by atoms with Gasteiger partial charge in [0.25, 0.3) is 0 Å². The average molecular weight is 283 g/mol. The van der Waals surface area contributed by atoms with Crippen molar-refractivity contribution in [2.75, 3.05) is 0 Å². The van der Waals surface area contributed by atoms with E-state index in [4.69, 9.17) is 5.11 Å². The lowest BCUT2D eigenvalue weighted by molar-refractivity contribution is -0.136. The van der Waals surface area contributed by atoms with E-state index in [2.05, 4.69) is 36.5 Å². The third-order valence-corrected chi connectivity index (χ3v) is 3.59. The number of benzene rings is 2. The molecule has 2 N–H and O–H groups in total. The van der Waals surface area contributed by atoms with E-state index in [1.165, 1.54) is 11.1 Å². The first-order valence-electron chi connectivity index (χ1n) is 7.26. The van der Waals surface area contributed by atoms with Crippen LogP contribution < -0.4 is 5.32 Å². The van der Waals surface area contributed by atoms with E-state index < -0.39 is 5.97 Å². The molecule has 0 bridgehead atoms. The SMILES string of the molecule is CCc1ccccc1CNCc1ccccc1CC(=O)O. The van der Waals surface area contributed by atoms with Crippen LogP contribution in [0.25, 0.3) is 0 Å². The quantitative estimate of drug-likeness (QED) is 0.820. The van der Waals surface area contributed by atoms with Gasteiger partial charge in [-0.25, -0.2) is 0 Å². The second kappa shape index (κ2) is 7.60. The molecule has 0 atom stereocenters. The second-order valence-corrected chi connectivity index (χ2v) is 5.07. The molecule has 0 aliphatic heterocycles. The van der Waals surface area contributed by atoms with Crippen LogP contribution in [0, 0.1) is 0 Å². The molecule has 21 heavy (non-hydrogen) atoms. The Labute approximate surface area is 125 Å². The molecule has 0 radical (unpaired) electrons. The average Bonchev–Trinajstić information content (AvgIpc) is 2.49. The fraction of sp³-hybridized carbons (Fsp3) is 0.278. The van der Waals surface area contributed by atoms with Crippen molar-refractivity contribution in [3.05, 3.63) is 70.8 Å². The topological polar surface area (TPSA) is 49.3 Å². The molecule has 3 nitrogen and oxygen atoms in total. The minimum absolute atomic E-state index is 0.0728. The Morgan fingerprint density at radius 1 is 0.905 bits per heavy atom. The molecule has 0 spiro atoms. The van der Waals surface area contributed by atoms with Crippen molar-refractivity contribution in [1.82, 2.24) is 5.32 Å². The molecule has 0 saturated heterocycles. The number of carboxylic acids is 1. The van der Waals surface area contributed by atoms with Crippen LogP contribution in [0.4, 0.5) is 0 Å². The maximum atomic E-state index is 10.9. The first kappa shape index (κ1) is 15.3. The van der Waals surface area contributed by atoms with Gasteiger partial charge in [0, 0.05) is 13.1 Å². The molecular formula is C18H21NO2. The largest absolute Gasteiger partial charge is 0.481 e. The van der Waals surface area contributed by atoms with Gasteiger partial charge in [0.15, 0.2) is 0 Å². The summed E-state index contributed by atoms with van der Waals surface area (Å²) in [5, 5.41) is 12.4. The molecule has 0 aromatic heterocycles. The summed E-state index contributed by atoms with van der Waals surface area (Å²) in [7, 11) is 0. The maximum absolute atomic E-state index is 10.9. The van der Waals surface area contributed by atoms with Crippen molar-refractivity contribution in [1.29, 1.82) is 0 Å². The minimum atomic E-state index is -0.793. The first-order valence-corrected chi connectivity index (χ1v) is 7.26. The molecule has 0 saturated carbocycles. The van der Waals surface area contributed by atoms with Crippen molar-refractivity contribution in [3.8, 4) is 0 Å². The van der Waals surface area contributed by atoms with Gasteiger partial charge < -0.3 is 10.4 Å². The van der Waals surface area contributed by atoms with Gasteiger partial charge in [-0.3, -0.25) is 4.79 Å². The number of aliphatic carboxylic acids is 1. The van der Waals surface area contributed by atoms with Crippen molar-refractivity contribution >= 4 is 5.97 Å². The molecule has 2 rings (SSSR count). The number of rotatable bonds is 7. The smallest absolute Gasteiger partial charge is 0.307 e. The number of nitrogens with one attached hydrogen (secondary N) is 1. The van der Waals surface area contributed by atoms with Gasteiger partial charge in [-0.15, -0.1) is 0 Å². The Hall–Kier alpha value is -2.13. The summed E-state index contributed by atoms with van der Waals surface area (Å²) in [6, 6.07) is 16.1. The Morgan fingerprint density at radius 3 is 1.90 bits per heavy atom. The Bertz CT molecular complexity index is 608. The second-order valence-electron chi connectivity index (χ2n) is 5.07. The number of hydrogen-bond acceptors (Lipinski definition) is 2. The van der Waals surface area contributed by atoms with E-state index in [0.29, 0.717) is 6.54 Å². The van der Waals surface area contributed by atoms with E-state index in [1.54, 1.807) is 0 Å². The molecule has 110 valence electrons. The lowest BCUT2D eigenvalue weighted by Crippen LogP contribution is -2.16. The number of carboxylic acid groups (broad SMARTS) is 1. The zero-order chi connectivity index (χ0) is 15.1. The standard InChI is InChI=1S/C18H21NO2/c1-2-14-7-3-5-9-16(14)12-19-13-17-10-6-4-8-15(17)11-18(20)21/h3-10,19H,2,11-13H2,1H3,(H,20,21). The summed E-state index contributed by atoms with van der Waals surface area (Å²) >= 11 is 0. The van der Waals surface area contributed by atoms with Gasteiger partial charge in [-0.2, -0.15) is 0 Å². The van der Waals surface area contributed by atoms with Gasteiger partial charge in [0.2, 0.25) is 0 Å². The summed E-state index contributed by atoms with van der Waals surface area (Å²) in [6.45, 7) is 3.63. The van der Waals surface area contributed by atoms with Crippen LogP contribution in [0.1, 0.15) is 29.2 Å². The normalized spacial score (nSPS) is 10.5. The molecule has 0 fully saturated rings. The van der Waals surface area contributed by atoms with Crippen molar-refractivity contribution in [3.63, 3.8) is 0 Å². The highest BCUT2D eigenvalue weighted by molar-refractivity contribution is 5.70. The molecular weight excluding hydrogens is 262 g/mol. The zero-order valence-corrected chi connectivity index (χ0v) is 12.3. The monoisotopic (exact) mass is 283 g/mol. The van der Waals surface area contributed by atoms with Crippen LogP contribution in [0.3, 0.4) is 0 Å². The maximum Gasteiger partial charge on any atom is 0.307 e. The predicted octanol–water partition coefficient (Wildman–Crippen LogP) is 3.17. The van der Waals surface area contributed by atoms with Crippen LogP contribution in [0.5, 0.6) is 0 Å². The van der Waals surface area contributed by atoms with Gasteiger partial charge in [-0.05, 0) is 28.7 Å². The fourth-order valence-electron chi connectivity index (χ4n) is 2.47. The summed E-state index contributed by atoms with van der Waals surface area (Å²) in [6.07, 6.45) is 1.09. The van der Waals surface area contributed by atoms with E-state index in [9.17, 15) is 4.79 Å². The first-order chi connectivity index (χ1) is 10.2. The third-order valence-electron chi connectivity index (χ3n) is 3.59. The van der Waals surface area contributed by atoms with Crippen LogP contribution in [-0.2, 0) is 30.7 Å². The molecule has 2 aromatic carbocycles. The van der Waals surface area contributed by atoms with Gasteiger partial charge in [0.05, 0.1) is 6.42 Å². The molecule has 0 heterocycles. The lowest BCUT2D eigenvalue weighted by Gasteiger charge is -2.11. The number of aryl methyl sites for hydroxylation is 1. The van der Waals surface area contributed by atoms with Crippen LogP contribution in [0.2, 0.25) is 0 Å². The zero-order valence-electron chi connectivity index (χ0n) is 12.3. The van der Waals surface area contributed by atoms with E-state index in [-0.39, 0.29) is 6.42 Å². The molecule has 0 aliphatic carbocycles. The summed E-state index contributed by atoms with van der Waals surface area (Å²) in [4.78, 5) is 10.9. The highest BCUT2D eigenvalue weighted by Crippen LogP contribution is 2.12.